The third-order valence-corrected chi connectivity index (χ3v) is 5.31. The molecule has 0 saturated carbocycles. The molecule has 1 aliphatic heterocycles. The van der Waals surface area contributed by atoms with E-state index in [9.17, 15) is 8.78 Å². The molecule has 0 spiro atoms. The first kappa shape index (κ1) is 18.3. The molecule has 1 aromatic heterocycles. The molecule has 3 nitrogen and oxygen atoms in total. The maximum atomic E-state index is 14.4. The van der Waals surface area contributed by atoms with Crippen molar-refractivity contribution < 1.29 is 8.78 Å². The predicted octanol–water partition coefficient (Wildman–Crippen LogP) is 5.80. The van der Waals surface area contributed by atoms with Crippen LogP contribution >= 0.6 is 23.2 Å². The Morgan fingerprint density at radius 1 is 1.07 bits per heavy atom. The Labute approximate surface area is 165 Å². The van der Waals surface area contributed by atoms with Gasteiger partial charge >= 0.3 is 0 Å². The maximum absolute atomic E-state index is 14.4. The van der Waals surface area contributed by atoms with E-state index in [1.165, 1.54) is 16.8 Å². The second kappa shape index (κ2) is 7.49. The van der Waals surface area contributed by atoms with E-state index in [-0.39, 0.29) is 5.69 Å². The Balaban J connectivity index is 1.81. The monoisotopic (exact) mass is 407 g/mol. The second-order valence-electron chi connectivity index (χ2n) is 6.58. The fraction of sp³-hybridized carbons (Fsp3) is 0.250. The van der Waals surface area contributed by atoms with Crippen molar-refractivity contribution in [3.05, 3.63) is 74.9 Å². The summed E-state index contributed by atoms with van der Waals surface area (Å²) in [5.74, 6) is -0.504. The number of nitrogens with zero attached hydrogens (tertiary/aromatic N) is 2. The highest BCUT2D eigenvalue weighted by Gasteiger charge is 2.23. The summed E-state index contributed by atoms with van der Waals surface area (Å²) in [5.41, 5.74) is 2.99. The van der Waals surface area contributed by atoms with E-state index in [0.29, 0.717) is 16.5 Å². The minimum atomic E-state index is -0.651. The largest absolute Gasteiger partial charge is 0.370 e. The van der Waals surface area contributed by atoms with E-state index < -0.39 is 11.6 Å². The number of anilines is 1. The number of aromatic nitrogens is 2. The summed E-state index contributed by atoms with van der Waals surface area (Å²) in [6, 6.07) is 8.87. The topological polar surface area (TPSA) is 29.9 Å². The van der Waals surface area contributed by atoms with Crippen LogP contribution in [0.2, 0.25) is 10.0 Å². The van der Waals surface area contributed by atoms with Crippen molar-refractivity contribution in [1.82, 2.24) is 9.78 Å². The van der Waals surface area contributed by atoms with Gasteiger partial charge in [0.1, 0.15) is 17.3 Å². The van der Waals surface area contributed by atoms with Crippen LogP contribution in [0.5, 0.6) is 0 Å². The number of benzene rings is 2. The summed E-state index contributed by atoms with van der Waals surface area (Å²) in [4.78, 5) is 0. The molecule has 0 fully saturated rings. The molecule has 1 N–H and O–H groups in total. The van der Waals surface area contributed by atoms with Gasteiger partial charge in [0, 0.05) is 34.6 Å². The van der Waals surface area contributed by atoms with Crippen LogP contribution < -0.4 is 5.32 Å². The number of nitrogens with one attached hydrogen (secondary N) is 1. The number of fused-ring (bicyclic) bond motifs is 1. The molecule has 3 aromatic rings. The normalized spacial score (nSPS) is 13.8. The van der Waals surface area contributed by atoms with Gasteiger partial charge in [-0.15, -0.1) is 0 Å². The van der Waals surface area contributed by atoms with E-state index in [0.717, 1.165) is 54.5 Å². The van der Waals surface area contributed by atoms with Gasteiger partial charge in [0.25, 0.3) is 0 Å². The fourth-order valence-corrected chi connectivity index (χ4v) is 3.86. The minimum absolute atomic E-state index is 0.218. The Kier molecular flexibility index (Phi) is 5.06. The molecule has 7 heteroatoms. The zero-order valence-corrected chi connectivity index (χ0v) is 15.9. The van der Waals surface area contributed by atoms with Gasteiger partial charge in [-0.3, -0.25) is 0 Å². The fourth-order valence-electron chi connectivity index (χ4n) is 3.39. The quantitative estimate of drug-likeness (QED) is 0.594. The first-order valence-corrected chi connectivity index (χ1v) is 9.52. The first-order chi connectivity index (χ1) is 13.0. The maximum Gasteiger partial charge on any atom is 0.151 e. The highest BCUT2D eigenvalue weighted by Crippen LogP contribution is 2.32. The van der Waals surface area contributed by atoms with E-state index in [1.54, 1.807) is 12.1 Å². The molecule has 0 amide bonds. The van der Waals surface area contributed by atoms with Gasteiger partial charge in [-0.05, 0) is 49.1 Å². The molecule has 4 rings (SSSR count). The van der Waals surface area contributed by atoms with Crippen LogP contribution in [-0.2, 0) is 12.8 Å². The summed E-state index contributed by atoms with van der Waals surface area (Å²) in [5, 5.41) is 9.15. The van der Waals surface area contributed by atoms with E-state index in [2.05, 4.69) is 10.4 Å². The van der Waals surface area contributed by atoms with Crippen LogP contribution in [0.4, 0.5) is 14.6 Å². The van der Waals surface area contributed by atoms with Crippen molar-refractivity contribution in [2.24, 2.45) is 0 Å². The van der Waals surface area contributed by atoms with Crippen molar-refractivity contribution in [2.75, 3.05) is 11.9 Å². The first-order valence-electron chi connectivity index (χ1n) is 8.77. The molecule has 0 aliphatic carbocycles. The molecule has 1 aliphatic rings. The summed E-state index contributed by atoms with van der Waals surface area (Å²) < 4.78 is 29.3. The molecule has 0 atom stereocenters. The van der Waals surface area contributed by atoms with Crippen LogP contribution in [0.3, 0.4) is 0 Å². The van der Waals surface area contributed by atoms with Crippen LogP contribution in [0.25, 0.3) is 5.69 Å². The van der Waals surface area contributed by atoms with Crippen molar-refractivity contribution in [3.63, 3.8) is 0 Å². The molecule has 140 valence electrons. The molecule has 27 heavy (non-hydrogen) atoms. The van der Waals surface area contributed by atoms with Crippen molar-refractivity contribution in [1.29, 1.82) is 0 Å². The van der Waals surface area contributed by atoms with Gasteiger partial charge in [-0.1, -0.05) is 29.3 Å². The summed E-state index contributed by atoms with van der Waals surface area (Å²) in [6.45, 7) is 0.780. The minimum Gasteiger partial charge on any atom is -0.370 e. The van der Waals surface area contributed by atoms with Crippen LogP contribution in [0, 0.1) is 11.6 Å². The molecule has 0 bridgehead atoms. The number of rotatable bonds is 3. The summed E-state index contributed by atoms with van der Waals surface area (Å²) >= 11 is 12.3. The van der Waals surface area contributed by atoms with Gasteiger partial charge in [0.2, 0.25) is 0 Å². The summed E-state index contributed by atoms with van der Waals surface area (Å²) in [6.07, 6.45) is 3.38. The lowest BCUT2D eigenvalue weighted by Gasteiger charge is -2.10. The molecule has 0 saturated heterocycles. The van der Waals surface area contributed by atoms with E-state index >= 15 is 0 Å². The van der Waals surface area contributed by atoms with Gasteiger partial charge < -0.3 is 5.32 Å². The second-order valence-corrected chi connectivity index (χ2v) is 7.42. The molecule has 0 unspecified atom stereocenters. The average Bonchev–Trinajstić information content (AvgIpc) is 2.79. The van der Waals surface area contributed by atoms with Crippen molar-refractivity contribution >= 4 is 29.0 Å². The lowest BCUT2D eigenvalue weighted by Crippen LogP contribution is -2.08. The number of hydrogen-bond acceptors (Lipinski definition) is 2. The smallest absolute Gasteiger partial charge is 0.151 e. The third kappa shape index (κ3) is 3.66. The van der Waals surface area contributed by atoms with Gasteiger partial charge in [-0.2, -0.15) is 5.10 Å². The molecular weight excluding hydrogens is 391 g/mol. The van der Waals surface area contributed by atoms with E-state index in [4.69, 9.17) is 23.2 Å². The summed E-state index contributed by atoms with van der Waals surface area (Å²) in [7, 11) is 0. The molecule has 2 heterocycles. The number of halogens is 4. The standard InChI is InChI=1S/C20H17Cl2F2N3/c21-13-5-4-12(16(22)10-13)9-18-15-3-1-2-8-25-20(15)27(26-18)19-7-6-14(23)11-17(19)24/h4-7,10-11,25H,1-3,8-9H2. The van der Waals surface area contributed by atoms with Gasteiger partial charge in [0.15, 0.2) is 5.82 Å². The molecule has 2 aromatic carbocycles. The Morgan fingerprint density at radius 3 is 2.70 bits per heavy atom. The van der Waals surface area contributed by atoms with Crippen LogP contribution in [0.1, 0.15) is 29.7 Å². The lowest BCUT2D eigenvalue weighted by atomic mass is 10.0. The van der Waals surface area contributed by atoms with Crippen LogP contribution in [0.15, 0.2) is 36.4 Å². The zero-order chi connectivity index (χ0) is 19.0. The highest BCUT2D eigenvalue weighted by atomic mass is 35.5. The Bertz CT molecular complexity index is 1000. The van der Waals surface area contributed by atoms with Gasteiger partial charge in [0.05, 0.1) is 5.69 Å². The Morgan fingerprint density at radius 2 is 1.93 bits per heavy atom. The zero-order valence-electron chi connectivity index (χ0n) is 14.4. The highest BCUT2D eigenvalue weighted by molar-refractivity contribution is 6.35. The predicted molar refractivity (Wildman–Crippen MR) is 104 cm³/mol. The van der Waals surface area contributed by atoms with Crippen molar-refractivity contribution in [3.8, 4) is 5.69 Å². The Hall–Kier alpha value is -2.11. The lowest BCUT2D eigenvalue weighted by molar-refractivity contribution is 0.573. The SMILES string of the molecule is Fc1ccc(-n2nc(Cc3ccc(Cl)cc3Cl)c3c2NCCCC3)c(F)c1. The average molecular weight is 408 g/mol. The van der Waals surface area contributed by atoms with E-state index in [1.807, 2.05) is 6.07 Å². The van der Waals surface area contributed by atoms with Crippen LogP contribution in [-0.4, -0.2) is 16.3 Å². The van der Waals surface area contributed by atoms with Crippen molar-refractivity contribution in [2.45, 2.75) is 25.7 Å². The molecular formula is C20H17Cl2F2N3. The number of hydrogen-bond donors (Lipinski definition) is 1. The third-order valence-electron chi connectivity index (χ3n) is 4.72. The molecule has 0 radical (unpaired) electrons. The van der Waals surface area contributed by atoms with Gasteiger partial charge in [-0.25, -0.2) is 13.5 Å².